The number of hydrogen-bond acceptors (Lipinski definition) is 4. The summed E-state index contributed by atoms with van der Waals surface area (Å²) in [6.07, 6.45) is 7.00. The minimum Gasteiger partial charge on any atom is -0.394 e. The summed E-state index contributed by atoms with van der Waals surface area (Å²) in [5, 5.41) is 17.9. The number of hydrogen-bond donors (Lipinski definition) is 4. The van der Waals surface area contributed by atoms with Gasteiger partial charge in [0.05, 0.1) is 25.2 Å². The molecule has 0 saturated heterocycles. The molecule has 3 atom stereocenters. The molecule has 7 heteroatoms. The van der Waals surface area contributed by atoms with Crippen molar-refractivity contribution < 1.29 is 19.4 Å². The van der Waals surface area contributed by atoms with E-state index in [2.05, 4.69) is 16.0 Å². The number of aliphatic hydroxyl groups is 1. The van der Waals surface area contributed by atoms with Crippen LogP contribution in [0.5, 0.6) is 0 Å². The molecule has 0 aromatic heterocycles. The Labute approximate surface area is 136 Å². The van der Waals surface area contributed by atoms with Gasteiger partial charge in [-0.2, -0.15) is 0 Å². The summed E-state index contributed by atoms with van der Waals surface area (Å²) in [5.74, 6) is -0.0341. The van der Waals surface area contributed by atoms with Crippen LogP contribution in [0.15, 0.2) is 12.2 Å². The van der Waals surface area contributed by atoms with Crippen molar-refractivity contribution in [3.8, 4) is 0 Å². The molecule has 0 spiro atoms. The van der Waals surface area contributed by atoms with Crippen molar-refractivity contribution in [2.24, 2.45) is 0 Å². The van der Waals surface area contributed by atoms with Gasteiger partial charge in [-0.05, 0) is 25.7 Å². The molecule has 0 aromatic rings. The van der Waals surface area contributed by atoms with Gasteiger partial charge in [0.2, 0.25) is 5.91 Å². The lowest BCUT2D eigenvalue weighted by Crippen LogP contribution is -2.52. The lowest BCUT2D eigenvalue weighted by atomic mass is 9.93. The first-order chi connectivity index (χ1) is 11.1. The van der Waals surface area contributed by atoms with Gasteiger partial charge in [-0.25, -0.2) is 4.79 Å². The number of nitrogens with one attached hydrogen (secondary N) is 3. The van der Waals surface area contributed by atoms with Crippen LogP contribution in [0.1, 0.15) is 39.0 Å². The van der Waals surface area contributed by atoms with E-state index in [9.17, 15) is 14.7 Å². The second-order valence-electron chi connectivity index (χ2n) is 6.11. The lowest BCUT2D eigenvalue weighted by Gasteiger charge is -2.32. The Morgan fingerprint density at radius 1 is 1.26 bits per heavy atom. The fraction of sp³-hybridized carbons (Fsp3) is 0.750. The minimum absolute atomic E-state index is 0.0341. The van der Waals surface area contributed by atoms with Gasteiger partial charge in [-0.15, -0.1) is 0 Å². The molecule has 3 amide bonds. The molecule has 1 aliphatic carbocycles. The van der Waals surface area contributed by atoms with Gasteiger partial charge >= 0.3 is 6.03 Å². The summed E-state index contributed by atoms with van der Waals surface area (Å²) in [4.78, 5) is 23.6. The second-order valence-corrected chi connectivity index (χ2v) is 6.11. The number of aliphatic hydroxyl groups excluding tert-OH is 1. The van der Waals surface area contributed by atoms with Gasteiger partial charge in [0.25, 0.3) is 0 Å². The standard InChI is InChI=1S/C16H27N3O4/c1-2-8-17-16(22)19-13-7-6-12(23-14(13)10-20)9-15(21)18-11-4-3-5-11/h6-7,11-14,20H,2-5,8-10H2,1H3,(H,18,21)(H2,17,19,22)/t12-,13+,14+/m1/s1. The molecule has 1 fully saturated rings. The summed E-state index contributed by atoms with van der Waals surface area (Å²) in [5.41, 5.74) is 0. The first-order valence-corrected chi connectivity index (χ1v) is 8.40. The molecule has 23 heavy (non-hydrogen) atoms. The number of amides is 3. The highest BCUT2D eigenvalue weighted by atomic mass is 16.5. The fourth-order valence-corrected chi connectivity index (χ4v) is 2.60. The Balaban J connectivity index is 1.80. The molecule has 1 aliphatic heterocycles. The Morgan fingerprint density at radius 2 is 2.04 bits per heavy atom. The van der Waals surface area contributed by atoms with E-state index in [1.165, 1.54) is 6.42 Å². The van der Waals surface area contributed by atoms with Crippen LogP contribution in [0, 0.1) is 0 Å². The SMILES string of the molecule is CCCNC(=O)N[C@H]1C=C[C@H](CC(=O)NC2CCC2)O[C@H]1CO. The molecule has 2 aliphatic rings. The zero-order valence-corrected chi connectivity index (χ0v) is 13.6. The normalized spacial score (nSPS) is 27.1. The van der Waals surface area contributed by atoms with Crippen molar-refractivity contribution in [1.29, 1.82) is 0 Å². The largest absolute Gasteiger partial charge is 0.394 e. The highest BCUT2D eigenvalue weighted by Gasteiger charge is 2.29. The van der Waals surface area contributed by atoms with E-state index >= 15 is 0 Å². The number of carbonyl (C=O) groups is 2. The average molecular weight is 325 g/mol. The smallest absolute Gasteiger partial charge is 0.315 e. The van der Waals surface area contributed by atoms with Crippen molar-refractivity contribution in [3.05, 3.63) is 12.2 Å². The molecule has 1 heterocycles. The summed E-state index contributed by atoms with van der Waals surface area (Å²) in [6, 6.07) is -0.382. The first-order valence-electron chi connectivity index (χ1n) is 8.40. The molecule has 7 nitrogen and oxygen atoms in total. The Morgan fingerprint density at radius 3 is 2.65 bits per heavy atom. The van der Waals surface area contributed by atoms with Crippen molar-refractivity contribution >= 4 is 11.9 Å². The highest BCUT2D eigenvalue weighted by Crippen LogP contribution is 2.19. The molecular weight excluding hydrogens is 298 g/mol. The van der Waals surface area contributed by atoms with E-state index in [1.807, 2.05) is 6.92 Å². The van der Waals surface area contributed by atoms with Crippen molar-refractivity contribution in [1.82, 2.24) is 16.0 Å². The molecular formula is C16H27N3O4. The summed E-state index contributed by atoms with van der Waals surface area (Å²) in [6.45, 7) is 2.35. The average Bonchev–Trinajstić information content (AvgIpc) is 2.50. The maximum atomic E-state index is 11.9. The summed E-state index contributed by atoms with van der Waals surface area (Å²) < 4.78 is 5.72. The summed E-state index contributed by atoms with van der Waals surface area (Å²) in [7, 11) is 0. The predicted molar refractivity (Wildman–Crippen MR) is 85.9 cm³/mol. The van der Waals surface area contributed by atoms with Crippen molar-refractivity contribution in [2.75, 3.05) is 13.2 Å². The van der Waals surface area contributed by atoms with E-state index in [0.717, 1.165) is 19.3 Å². The molecule has 1 saturated carbocycles. The molecule has 0 radical (unpaired) electrons. The van der Waals surface area contributed by atoms with E-state index in [-0.39, 0.29) is 31.1 Å². The number of ether oxygens (including phenoxy) is 1. The van der Waals surface area contributed by atoms with E-state index in [4.69, 9.17) is 4.74 Å². The zero-order chi connectivity index (χ0) is 16.7. The lowest BCUT2D eigenvalue weighted by molar-refractivity contribution is -0.126. The molecule has 4 N–H and O–H groups in total. The third-order valence-electron chi connectivity index (χ3n) is 4.15. The molecule has 0 unspecified atom stereocenters. The first kappa shape index (κ1) is 17.7. The van der Waals surface area contributed by atoms with Gasteiger partial charge in [0.15, 0.2) is 0 Å². The van der Waals surface area contributed by atoms with Gasteiger partial charge in [-0.3, -0.25) is 4.79 Å². The van der Waals surface area contributed by atoms with Crippen molar-refractivity contribution in [3.63, 3.8) is 0 Å². The monoisotopic (exact) mass is 325 g/mol. The van der Waals surface area contributed by atoms with Gasteiger partial charge in [0.1, 0.15) is 6.10 Å². The van der Waals surface area contributed by atoms with E-state index in [0.29, 0.717) is 12.6 Å². The van der Waals surface area contributed by atoms with Crippen LogP contribution < -0.4 is 16.0 Å². The van der Waals surface area contributed by atoms with Gasteiger partial charge in [-0.1, -0.05) is 19.1 Å². The fourth-order valence-electron chi connectivity index (χ4n) is 2.60. The Bertz CT molecular complexity index is 437. The van der Waals surface area contributed by atoms with Crippen molar-refractivity contribution in [2.45, 2.75) is 63.3 Å². The molecule has 130 valence electrons. The number of rotatable bonds is 7. The van der Waals surface area contributed by atoms with Crippen LogP contribution in [0.25, 0.3) is 0 Å². The van der Waals surface area contributed by atoms with Crippen LogP contribution >= 0.6 is 0 Å². The van der Waals surface area contributed by atoms with Gasteiger partial charge in [0, 0.05) is 12.6 Å². The van der Waals surface area contributed by atoms with Crippen LogP contribution in [0.4, 0.5) is 4.79 Å². The topological polar surface area (TPSA) is 99.7 Å². The third-order valence-corrected chi connectivity index (χ3v) is 4.15. The Hall–Kier alpha value is -1.60. The molecule has 0 aromatic carbocycles. The molecule has 2 rings (SSSR count). The quantitative estimate of drug-likeness (QED) is 0.510. The van der Waals surface area contributed by atoms with Gasteiger partial charge < -0.3 is 25.8 Å². The van der Waals surface area contributed by atoms with E-state index in [1.54, 1.807) is 12.2 Å². The minimum atomic E-state index is -0.547. The second kappa shape index (κ2) is 8.88. The maximum Gasteiger partial charge on any atom is 0.315 e. The van der Waals surface area contributed by atoms with Crippen LogP contribution in [-0.2, 0) is 9.53 Å². The van der Waals surface area contributed by atoms with E-state index < -0.39 is 12.1 Å². The third kappa shape index (κ3) is 5.51. The number of carbonyl (C=O) groups excluding carboxylic acids is 2. The van der Waals surface area contributed by atoms with Crippen LogP contribution in [0.3, 0.4) is 0 Å². The molecule has 0 bridgehead atoms. The highest BCUT2D eigenvalue weighted by molar-refractivity contribution is 5.77. The summed E-state index contributed by atoms with van der Waals surface area (Å²) >= 11 is 0. The zero-order valence-electron chi connectivity index (χ0n) is 13.6. The predicted octanol–water partition coefficient (Wildman–Crippen LogP) is 0.439. The number of urea groups is 1. The van der Waals surface area contributed by atoms with Crippen LogP contribution in [-0.4, -0.2) is 54.5 Å². The van der Waals surface area contributed by atoms with Crippen LogP contribution in [0.2, 0.25) is 0 Å². The maximum absolute atomic E-state index is 11.9. The Kier molecular flexibility index (Phi) is 6.85.